The average molecular weight is 1170 g/mol. The maximum Gasteiger partial charge on any atom is 0.198 e. The first kappa shape index (κ1) is 56.2. The molecule has 0 bridgehead atoms. The number of methoxy groups -OCH3 is 1. The Morgan fingerprint density at radius 3 is 0.986 bits per heavy atom. The predicted molar refractivity (Wildman–Crippen MR) is 242 cm³/mol. The molecule has 0 atom stereocenters. The fourth-order valence-corrected chi connectivity index (χ4v) is 13.5. The molecule has 7 rings (SSSR count). The van der Waals surface area contributed by atoms with E-state index in [0.29, 0.717) is 26.4 Å². The molecule has 0 amide bonds. The maximum absolute atomic E-state index is 15.8. The number of ether oxygens (including phenoxy) is 3. The summed E-state index contributed by atoms with van der Waals surface area (Å²) in [4.78, 5) is 0. The molecule has 0 spiro atoms. The molecule has 380 valence electrons. The van der Waals surface area contributed by atoms with Crippen molar-refractivity contribution in [2.45, 2.75) is 0 Å². The Labute approximate surface area is 421 Å². The van der Waals surface area contributed by atoms with Crippen molar-refractivity contribution in [3.63, 3.8) is 0 Å². The van der Waals surface area contributed by atoms with Gasteiger partial charge in [0.15, 0.2) is 69.8 Å². The van der Waals surface area contributed by atoms with Gasteiger partial charge < -0.3 is 0 Å². The summed E-state index contributed by atoms with van der Waals surface area (Å²) in [6, 6.07) is 29.9. The first-order valence-electron chi connectivity index (χ1n) is 20.0. The fourth-order valence-electron chi connectivity index (χ4n) is 7.57. The van der Waals surface area contributed by atoms with Crippen LogP contribution in [0.1, 0.15) is 0 Å². The molecule has 25 heteroatoms. The summed E-state index contributed by atoms with van der Waals surface area (Å²) < 4.78 is 259. The summed E-state index contributed by atoms with van der Waals surface area (Å²) in [5.74, 6) is -47.4. The minimum atomic E-state index is -6.24. The molecule has 7 aromatic rings. The molecule has 7 aromatic carbocycles. The van der Waals surface area contributed by atoms with E-state index in [4.69, 9.17) is 60.6 Å². The predicted octanol–water partition coefficient (Wildman–Crippen LogP) is 10.1. The molecule has 0 saturated carbocycles. The fraction of sp³-hybridized carbons (Fsp3) is 0.106. The third kappa shape index (κ3) is 10.1. The number of halogens is 20. The van der Waals surface area contributed by atoms with Crippen LogP contribution in [0.5, 0.6) is 5.75 Å². The van der Waals surface area contributed by atoms with Gasteiger partial charge >= 0.3 is 166 Å². The topological polar surface area (TPSA) is 27.7 Å². The van der Waals surface area contributed by atoms with Crippen LogP contribution in [0.25, 0.3) is 0 Å². The SMILES string of the molecule is COCCOCCOc1ccccc1[Se+](c1ccccc1)c1ccccc1.Fc1c(F)c(F)c([B-](c2c(F)c(F)c(F)c(F)c2Cl)(c2c(F)c(F)c(F)c(F)c2Cl)c2c(F)c(F)c(F)c(F)c2Cl)c(Cl)c1F. The molecule has 0 aliphatic heterocycles. The van der Waals surface area contributed by atoms with Crippen LogP contribution in [0, 0.1) is 93.1 Å². The number of para-hydroxylation sites is 1. The van der Waals surface area contributed by atoms with Crippen molar-refractivity contribution in [2.24, 2.45) is 0 Å². The van der Waals surface area contributed by atoms with Gasteiger partial charge in [-0.1, -0.05) is 46.4 Å². The second kappa shape index (κ2) is 23.4. The average Bonchev–Trinajstić information content (AvgIpc) is 3.38. The van der Waals surface area contributed by atoms with Gasteiger partial charge in [-0.15, -0.1) is 21.9 Å². The van der Waals surface area contributed by atoms with Crippen molar-refractivity contribution < 1.29 is 84.5 Å². The Balaban J connectivity index is 0.000000266. The summed E-state index contributed by atoms with van der Waals surface area (Å²) in [6.45, 7) is 2.28. The molecule has 0 saturated heterocycles. The smallest absolute Gasteiger partial charge is 0.198 e. The van der Waals surface area contributed by atoms with E-state index in [0.717, 1.165) is 5.75 Å². The Morgan fingerprint density at radius 1 is 0.361 bits per heavy atom. The van der Waals surface area contributed by atoms with E-state index in [1.54, 1.807) is 7.11 Å². The molecular formula is C47H25BCl4F16O3Se. The Hall–Kier alpha value is -5.12. The van der Waals surface area contributed by atoms with Crippen molar-refractivity contribution in [3.8, 4) is 5.75 Å². The second-order valence-corrected chi connectivity index (χ2v) is 20.3. The minimum Gasteiger partial charge on any atom is -0.207 e. The van der Waals surface area contributed by atoms with Crippen molar-refractivity contribution in [1.82, 2.24) is 0 Å². The molecule has 0 aromatic heterocycles. The molecule has 0 radical (unpaired) electrons. The summed E-state index contributed by atoms with van der Waals surface area (Å²) in [7, 11) is 1.67. The Bertz CT molecular complexity index is 2740. The van der Waals surface area contributed by atoms with Crippen molar-refractivity contribution in [1.29, 1.82) is 0 Å². The molecule has 0 aliphatic carbocycles. The van der Waals surface area contributed by atoms with E-state index >= 15 is 17.6 Å². The van der Waals surface area contributed by atoms with Crippen LogP contribution in [0.4, 0.5) is 70.2 Å². The van der Waals surface area contributed by atoms with Gasteiger partial charge in [-0.05, 0) is 0 Å². The zero-order valence-electron chi connectivity index (χ0n) is 35.7. The van der Waals surface area contributed by atoms with Gasteiger partial charge in [-0.3, -0.25) is 0 Å². The summed E-state index contributed by atoms with van der Waals surface area (Å²) >= 11 is 20.8. The largest absolute Gasteiger partial charge is 0.207 e. The molecule has 0 N–H and O–H groups in total. The van der Waals surface area contributed by atoms with E-state index in [-0.39, 0.29) is 0 Å². The van der Waals surface area contributed by atoms with Crippen molar-refractivity contribution in [3.05, 3.63) is 198 Å². The van der Waals surface area contributed by atoms with Gasteiger partial charge in [0.25, 0.3) is 0 Å². The van der Waals surface area contributed by atoms with E-state index in [1.807, 2.05) is 6.07 Å². The van der Waals surface area contributed by atoms with Crippen LogP contribution in [0.15, 0.2) is 84.9 Å². The van der Waals surface area contributed by atoms with Crippen molar-refractivity contribution >= 4 is 102 Å². The van der Waals surface area contributed by atoms with E-state index in [1.165, 1.54) is 13.4 Å². The molecule has 72 heavy (non-hydrogen) atoms. The molecule has 0 unspecified atom stereocenters. The van der Waals surface area contributed by atoms with Crippen LogP contribution in [0.2, 0.25) is 20.1 Å². The number of hydrogen-bond donors (Lipinski definition) is 0. The van der Waals surface area contributed by atoms with Gasteiger partial charge in [-0.2, -0.15) is 0 Å². The first-order valence-corrected chi connectivity index (χ1v) is 24.0. The first-order chi connectivity index (χ1) is 34.1. The zero-order chi connectivity index (χ0) is 53.1. The zero-order valence-corrected chi connectivity index (χ0v) is 40.4. The number of benzene rings is 7. The third-order valence-electron chi connectivity index (χ3n) is 10.7. The van der Waals surface area contributed by atoms with Gasteiger partial charge in [0.1, 0.15) is 29.4 Å². The van der Waals surface area contributed by atoms with Crippen LogP contribution < -0.4 is 40.0 Å². The van der Waals surface area contributed by atoms with Crippen LogP contribution >= 0.6 is 46.4 Å². The maximum atomic E-state index is 15.8. The Morgan fingerprint density at radius 2 is 0.653 bits per heavy atom. The van der Waals surface area contributed by atoms with Crippen LogP contribution in [-0.2, 0) is 9.47 Å². The summed E-state index contributed by atoms with van der Waals surface area (Å²) in [5.41, 5.74) is -10.7. The standard InChI is InChI=1S/C24BCl4F16.C23H25O3Se/c26-5-1(9(30)17(38)21(42)13(5)34)25(2-6(27)14(35)22(43)18(39)10(2)31,3-7(28)15(36)23(44)19(40)11(3)32)4-8(29)16(37)24(45)20(41)12(4)33;1-24-16-17-25-18-19-26-22-14-8-9-15-23(22)27(20-10-4-2-5-11-20)21-12-6-3-7-13-21/h;2-15H,16-19H2,1H3/q-1;+1. The minimum absolute atomic E-state index is 0.531. The Kier molecular flexibility index (Phi) is 18.3. The van der Waals surface area contributed by atoms with E-state index in [2.05, 4.69) is 78.9 Å². The van der Waals surface area contributed by atoms with Gasteiger partial charge in [0.2, 0.25) is 0 Å². The van der Waals surface area contributed by atoms with Crippen LogP contribution in [-0.4, -0.2) is 53.6 Å². The molecule has 0 aliphatic rings. The van der Waals surface area contributed by atoms with Crippen molar-refractivity contribution in [2.75, 3.05) is 33.5 Å². The molecule has 3 nitrogen and oxygen atoms in total. The van der Waals surface area contributed by atoms with E-state index < -0.39 is 155 Å². The number of hydrogen-bond acceptors (Lipinski definition) is 3. The molecule has 0 fully saturated rings. The molecular weight excluding hydrogens is 1150 g/mol. The van der Waals surface area contributed by atoms with Gasteiger partial charge in [0.05, 0.1) is 0 Å². The quantitative estimate of drug-likeness (QED) is 0.0357. The third-order valence-corrected chi connectivity index (χ3v) is 16.9. The number of rotatable bonds is 14. The normalized spacial score (nSPS) is 11.6. The summed E-state index contributed by atoms with van der Waals surface area (Å²) in [5, 5.41) is -9.69. The second-order valence-electron chi connectivity index (χ2n) is 14.6. The van der Waals surface area contributed by atoms with Gasteiger partial charge in [0, 0.05) is 20.1 Å². The monoisotopic (exact) mass is 1170 g/mol. The molecule has 0 heterocycles. The van der Waals surface area contributed by atoms with E-state index in [9.17, 15) is 52.7 Å². The summed E-state index contributed by atoms with van der Waals surface area (Å²) in [6.07, 6.45) is -6.24. The van der Waals surface area contributed by atoms with Gasteiger partial charge in [-0.25, -0.2) is 70.2 Å². The van der Waals surface area contributed by atoms with Crippen LogP contribution in [0.3, 0.4) is 0 Å².